The summed E-state index contributed by atoms with van der Waals surface area (Å²) in [6.45, 7) is 7.57. The molecule has 2 aromatic heterocycles. The number of imidazole rings is 1. The average molecular weight is 1210 g/mol. The zero-order valence-electron chi connectivity index (χ0n) is 42.4. The van der Waals surface area contributed by atoms with E-state index >= 15 is 0 Å². The van der Waals surface area contributed by atoms with Crippen molar-refractivity contribution < 1.29 is 101 Å². The highest BCUT2D eigenvalue weighted by Gasteiger charge is 2.61. The minimum atomic E-state index is -5.89. The number of alkyl carbamates (subject to hydrolysis) is 1. The number of amides is 2. The van der Waals surface area contributed by atoms with Crippen LogP contribution in [0.4, 0.5) is 22.0 Å². The third-order valence-electron chi connectivity index (χ3n) is 14.5. The van der Waals surface area contributed by atoms with Gasteiger partial charge in [0.2, 0.25) is 11.6 Å². The van der Waals surface area contributed by atoms with Gasteiger partial charge in [0.1, 0.15) is 30.6 Å². The number of likely N-dealkylation sites (N-methyl/N-ethyl adjacent to an activating group) is 1. The third kappa shape index (κ3) is 12.2. The largest absolute Gasteiger partial charge is 0.490 e. The summed E-state index contributed by atoms with van der Waals surface area (Å²) in [6, 6.07) is 8.95. The number of unbranched alkanes of at least 4 members (excludes halogenated alkanes) is 2. The molecule has 5 heterocycles. The molecule has 0 bridgehead atoms. The number of aliphatic hydroxyl groups is 1. The van der Waals surface area contributed by atoms with Crippen LogP contribution in [0.25, 0.3) is 11.2 Å². The van der Waals surface area contributed by atoms with Crippen LogP contribution in [0.15, 0.2) is 82.8 Å². The molecule has 2 aromatic carbocycles. The van der Waals surface area contributed by atoms with E-state index in [0.29, 0.717) is 49.2 Å². The number of nitrogens with one attached hydrogen (secondary N) is 2. The summed E-state index contributed by atoms with van der Waals surface area (Å²) < 4.78 is 132. The third-order valence-corrected chi connectivity index (χ3v) is 20.0. The maximum absolute atomic E-state index is 13.1. The van der Waals surface area contributed by atoms with Gasteiger partial charge < -0.3 is 55.4 Å². The number of phosphoric ester groups is 1. The molecule has 0 saturated carbocycles. The normalized spacial score (nSPS) is 26.4. The molecule has 2 amide bonds. The first kappa shape index (κ1) is 59.7. The molecule has 35 heteroatoms. The van der Waals surface area contributed by atoms with Gasteiger partial charge in [0.05, 0.1) is 28.1 Å². The van der Waals surface area contributed by atoms with Crippen molar-refractivity contribution in [2.24, 2.45) is 5.92 Å². The van der Waals surface area contributed by atoms with E-state index in [1.54, 1.807) is 12.1 Å². The number of nitrogens with zero attached hydrogens (tertiary/aromatic N) is 6. The minimum absolute atomic E-state index is 0.0321. The van der Waals surface area contributed by atoms with E-state index in [4.69, 9.17) is 25.0 Å². The Morgan fingerprint density at radius 3 is 2.23 bits per heavy atom. The van der Waals surface area contributed by atoms with E-state index in [0.717, 1.165) is 29.8 Å². The maximum Gasteiger partial charge on any atom is 0.490 e. The quantitative estimate of drug-likeness (QED) is 0.0248. The minimum Gasteiger partial charge on any atom is -0.439 e. The lowest BCUT2D eigenvalue weighted by molar-refractivity contribution is -0.438. The lowest BCUT2D eigenvalue weighted by Crippen LogP contribution is -2.49. The molecule has 3 aliphatic heterocycles. The van der Waals surface area contributed by atoms with Crippen molar-refractivity contribution in [1.82, 2.24) is 30.2 Å². The van der Waals surface area contributed by atoms with Gasteiger partial charge in [-0.05, 0) is 81.5 Å². The maximum atomic E-state index is 13.1. The van der Waals surface area contributed by atoms with Crippen LogP contribution in [0.1, 0.15) is 70.7 Å². The summed E-state index contributed by atoms with van der Waals surface area (Å²) in [7, 11) is -26.5. The van der Waals surface area contributed by atoms with E-state index in [-0.39, 0.29) is 52.2 Å². The highest BCUT2D eigenvalue weighted by molar-refractivity contribution is 7.86. The molecule has 0 radical (unpaired) electrons. The van der Waals surface area contributed by atoms with Gasteiger partial charge in [-0.15, -0.1) is 0 Å². The van der Waals surface area contributed by atoms with Crippen molar-refractivity contribution in [3.8, 4) is 0 Å². The fraction of sp³-hybridized carbons (Fsp3) is 0.455. The second-order valence-electron chi connectivity index (χ2n) is 19.1. The number of aromatic nitrogens is 4. The Kier molecular flexibility index (Phi) is 16.8. The molecule has 430 valence electrons. The van der Waals surface area contributed by atoms with Gasteiger partial charge in [-0.25, -0.2) is 33.4 Å². The molecule has 1 fully saturated rings. The Morgan fingerprint density at radius 1 is 0.886 bits per heavy atom. The smallest absolute Gasteiger partial charge is 0.439 e. The van der Waals surface area contributed by atoms with E-state index in [1.807, 2.05) is 45.9 Å². The monoisotopic (exact) mass is 1200 g/mol. The number of phosphoric acid groups is 3. The lowest BCUT2D eigenvalue weighted by Gasteiger charge is -2.44. The number of nitrogens with two attached hydrogens (primary N) is 1. The number of anilines is 2. The van der Waals surface area contributed by atoms with E-state index in [2.05, 4.69) is 48.2 Å². The number of hydrogen-bond acceptors (Lipinski definition) is 20. The van der Waals surface area contributed by atoms with Crippen LogP contribution in [-0.4, -0.2) is 144 Å². The van der Waals surface area contributed by atoms with Crippen LogP contribution in [0.3, 0.4) is 0 Å². The van der Waals surface area contributed by atoms with Gasteiger partial charge in [-0.2, -0.15) is 30.0 Å². The van der Waals surface area contributed by atoms with Crippen molar-refractivity contribution in [3.63, 3.8) is 0 Å². The van der Waals surface area contributed by atoms with Crippen LogP contribution in [0.2, 0.25) is 0 Å². The van der Waals surface area contributed by atoms with Crippen LogP contribution >= 0.6 is 23.5 Å². The molecular formula is C44H57N9O21P3S2+. The van der Waals surface area contributed by atoms with Gasteiger partial charge in [-0.3, -0.25) is 23.0 Å². The Morgan fingerprint density at radius 2 is 1.56 bits per heavy atom. The zero-order chi connectivity index (χ0) is 57.8. The Balaban J connectivity index is 0.888. The van der Waals surface area contributed by atoms with Gasteiger partial charge in [-0.1, -0.05) is 13.0 Å². The van der Waals surface area contributed by atoms with E-state index in [1.165, 1.54) is 28.8 Å². The highest BCUT2D eigenvalue weighted by atomic mass is 32.2. The number of nitrogen functional groups attached to an aromatic ring is 1. The number of ether oxygens (including phenoxy) is 2. The fourth-order valence-electron chi connectivity index (χ4n) is 10.7. The molecular weight excluding hydrogens is 1150 g/mol. The summed E-state index contributed by atoms with van der Waals surface area (Å²) in [5, 5.41) is 16.3. The fourth-order valence-corrected chi connectivity index (χ4v) is 14.7. The van der Waals surface area contributed by atoms with Crippen molar-refractivity contribution in [2.45, 2.75) is 98.5 Å². The molecule has 4 aromatic rings. The number of carbonyl (C=O) groups excluding carboxylic acids is 2. The number of hydrogen-bond donors (Lipinski definition) is 10. The highest BCUT2D eigenvalue weighted by Crippen LogP contribution is 2.66. The van der Waals surface area contributed by atoms with Crippen molar-refractivity contribution in [1.29, 1.82) is 0 Å². The second kappa shape index (κ2) is 22.2. The summed E-state index contributed by atoms with van der Waals surface area (Å²) >= 11 is 0. The number of aliphatic hydroxyl groups excluding tert-OH is 1. The van der Waals surface area contributed by atoms with Crippen LogP contribution in [0.5, 0.6) is 0 Å². The molecule has 1 aliphatic carbocycles. The first-order chi connectivity index (χ1) is 36.8. The van der Waals surface area contributed by atoms with Crippen LogP contribution in [-0.2, 0) is 72.2 Å². The molecule has 79 heavy (non-hydrogen) atoms. The number of benzene rings is 2. The molecule has 0 spiro atoms. The molecule has 8 rings (SSSR count). The first-order valence-corrected chi connectivity index (χ1v) is 31.5. The molecule has 1 saturated heterocycles. The summed E-state index contributed by atoms with van der Waals surface area (Å²) in [6.07, 6.45) is 1.90. The standard InChI is InChI=1S/C44H56N9O21P3S2/c1-5-51-30-15-13-26(78(64,65)66)20-28(30)43(3)25(2)44(4)29-21-27(79(67,68)69)14-16-31(29)52(34(44)11-9-10-33(43)51)19-8-6-7-12-35(54)46-17-18-47-42(56)72-38-37(55)32(22-70-76(60,61)74-77(62,63)73-75(57,58)59)71-41(38)53-24-50-36-39(45)48-23-49-40(36)53/h9-11,13-16,20-21,23-25,32,37-38,41,55H,5-8,12,17-19,22H2,1-4H3,(H9-,45,46,47,48,49,54,56,57,58,59,60,61,62,63,64,65,66,67,68,69)/p+1/t25?,32-,37-,38-,41-,43?,44?/m1/s1. The number of rotatable bonds is 21. The van der Waals surface area contributed by atoms with Gasteiger partial charge >= 0.3 is 29.6 Å². The molecule has 30 nitrogen and oxygen atoms in total. The summed E-state index contributed by atoms with van der Waals surface area (Å²) in [4.78, 5) is 76.8. The van der Waals surface area contributed by atoms with Gasteiger partial charge in [0.25, 0.3) is 20.2 Å². The van der Waals surface area contributed by atoms with Crippen LogP contribution < -0.4 is 21.3 Å². The SMILES string of the molecule is CCN1/C2=C/C=C/C3=[N+](CCCCCC(=O)NCCNC(=O)O[C@@H]4[C@H](O)[C@@H](COP(=O)(O)OP(=O)(O)OP(=O)(O)O)O[C@H]4n4cnc5c(N)ncnc54)c4ccc(S(=O)(=O)O)cc4C3(C)C(C)C2(C)c2cc(S(=O)(=O)O)ccc21. The van der Waals surface area contributed by atoms with Crippen LogP contribution in [0, 0.1) is 5.92 Å². The van der Waals surface area contributed by atoms with Crippen molar-refractivity contribution in [3.05, 3.63) is 84.1 Å². The zero-order valence-corrected chi connectivity index (χ0v) is 46.7. The van der Waals surface area contributed by atoms with E-state index in [9.17, 15) is 64.1 Å². The van der Waals surface area contributed by atoms with Crippen molar-refractivity contribution >= 4 is 89.8 Å². The van der Waals surface area contributed by atoms with Gasteiger partial charge in [0, 0.05) is 67.0 Å². The molecule has 4 aliphatic rings. The Labute approximate surface area is 451 Å². The number of carbonyl (C=O) groups is 2. The summed E-state index contributed by atoms with van der Waals surface area (Å²) in [5.41, 5.74) is 8.58. The molecule has 9 atom stereocenters. The molecule has 11 N–H and O–H groups in total. The first-order valence-electron chi connectivity index (χ1n) is 24.1. The number of fused-ring (bicyclic) bond motifs is 7. The average Bonchev–Trinajstić information content (AvgIpc) is 2.88. The Hall–Kier alpha value is -5.37. The number of allylic oxidation sites excluding steroid dienone is 4. The predicted molar refractivity (Wildman–Crippen MR) is 276 cm³/mol. The summed E-state index contributed by atoms with van der Waals surface area (Å²) in [5.74, 6) is -0.814. The van der Waals surface area contributed by atoms with Gasteiger partial charge in [0.15, 0.2) is 29.5 Å². The van der Waals surface area contributed by atoms with Crippen molar-refractivity contribution in [2.75, 3.05) is 43.4 Å². The lowest BCUT2D eigenvalue weighted by atomic mass is 9.57. The molecule has 5 unspecified atom stereocenters. The Bertz CT molecular complexity index is 3580. The predicted octanol–water partition coefficient (Wildman–Crippen LogP) is 3.22. The topological polar surface area (TPSA) is 441 Å². The van der Waals surface area contributed by atoms with E-state index < -0.39 is 97.7 Å². The second-order valence-corrected chi connectivity index (χ2v) is 26.4.